The largest absolute Gasteiger partial charge is 0.361 e. The first-order chi connectivity index (χ1) is 9.49. The molecule has 0 bridgehead atoms. The molecule has 0 aromatic carbocycles. The highest BCUT2D eigenvalue weighted by atomic mass is 16.5. The molecule has 1 saturated heterocycles. The fourth-order valence-corrected chi connectivity index (χ4v) is 2.67. The van der Waals surface area contributed by atoms with E-state index in [4.69, 9.17) is 4.52 Å². The van der Waals surface area contributed by atoms with E-state index < -0.39 is 0 Å². The number of carbonyl (C=O) groups is 1. The van der Waals surface area contributed by atoms with E-state index in [0.717, 1.165) is 49.5 Å². The number of hydrogen-bond donors (Lipinski definition) is 1. The van der Waals surface area contributed by atoms with E-state index in [9.17, 15) is 4.79 Å². The molecular formula is C15H25N3O2. The molecule has 2 heterocycles. The number of likely N-dealkylation sites (tertiary alicyclic amines) is 1. The Hall–Kier alpha value is -1.36. The minimum atomic E-state index is 0.0989. The molecule has 2 rings (SSSR count). The Labute approximate surface area is 120 Å². The van der Waals surface area contributed by atoms with Gasteiger partial charge in [0, 0.05) is 37.2 Å². The zero-order valence-electron chi connectivity index (χ0n) is 12.9. The van der Waals surface area contributed by atoms with Crippen molar-refractivity contribution in [1.29, 1.82) is 0 Å². The maximum absolute atomic E-state index is 11.9. The molecule has 0 aliphatic carbocycles. The van der Waals surface area contributed by atoms with Crippen molar-refractivity contribution in [3.63, 3.8) is 0 Å². The standard InChI is InChI=1S/C15H25N3O2/c1-10(2)15(19)18-7-5-13(6-8-18)16-9-14-11(3)17-20-12(14)4/h10,13,16H,5-9H2,1-4H3. The van der Waals surface area contributed by atoms with Gasteiger partial charge in [-0.05, 0) is 26.7 Å². The molecule has 1 amide bonds. The zero-order chi connectivity index (χ0) is 14.7. The van der Waals surface area contributed by atoms with Crippen molar-refractivity contribution in [1.82, 2.24) is 15.4 Å². The van der Waals surface area contributed by atoms with E-state index in [1.165, 1.54) is 0 Å². The van der Waals surface area contributed by atoms with Crippen LogP contribution in [0.1, 0.15) is 43.7 Å². The second-order valence-electron chi connectivity index (χ2n) is 5.94. The molecule has 1 fully saturated rings. The molecule has 0 radical (unpaired) electrons. The minimum Gasteiger partial charge on any atom is -0.361 e. The summed E-state index contributed by atoms with van der Waals surface area (Å²) in [6.07, 6.45) is 2.03. The third-order valence-electron chi connectivity index (χ3n) is 4.05. The topological polar surface area (TPSA) is 58.4 Å². The van der Waals surface area contributed by atoms with E-state index in [1.54, 1.807) is 0 Å². The summed E-state index contributed by atoms with van der Waals surface area (Å²) in [5, 5.41) is 7.52. The summed E-state index contributed by atoms with van der Waals surface area (Å²) < 4.78 is 5.17. The predicted octanol–water partition coefficient (Wildman–Crippen LogP) is 2.03. The van der Waals surface area contributed by atoms with Crippen molar-refractivity contribution in [3.05, 3.63) is 17.0 Å². The van der Waals surface area contributed by atoms with Gasteiger partial charge >= 0.3 is 0 Å². The van der Waals surface area contributed by atoms with E-state index >= 15 is 0 Å². The lowest BCUT2D eigenvalue weighted by atomic mass is 10.0. The van der Waals surface area contributed by atoms with Crippen LogP contribution in [0.3, 0.4) is 0 Å². The summed E-state index contributed by atoms with van der Waals surface area (Å²) in [6, 6.07) is 0.472. The van der Waals surface area contributed by atoms with Crippen molar-refractivity contribution in [2.45, 2.75) is 53.1 Å². The van der Waals surface area contributed by atoms with E-state index in [-0.39, 0.29) is 11.8 Å². The third kappa shape index (κ3) is 3.39. The highest BCUT2D eigenvalue weighted by Crippen LogP contribution is 2.16. The molecule has 1 aliphatic rings. The average Bonchev–Trinajstić information content (AvgIpc) is 2.75. The highest BCUT2D eigenvalue weighted by Gasteiger charge is 2.24. The monoisotopic (exact) mass is 279 g/mol. The molecule has 0 unspecified atom stereocenters. The molecule has 20 heavy (non-hydrogen) atoms. The number of hydrogen-bond acceptors (Lipinski definition) is 4. The maximum Gasteiger partial charge on any atom is 0.225 e. The fourth-order valence-electron chi connectivity index (χ4n) is 2.67. The van der Waals surface area contributed by atoms with Gasteiger partial charge in [0.05, 0.1) is 5.69 Å². The number of amides is 1. The second kappa shape index (κ2) is 6.39. The van der Waals surface area contributed by atoms with Crippen LogP contribution in [0.5, 0.6) is 0 Å². The van der Waals surface area contributed by atoms with Gasteiger partial charge in [0.25, 0.3) is 0 Å². The van der Waals surface area contributed by atoms with E-state index in [2.05, 4.69) is 10.5 Å². The van der Waals surface area contributed by atoms with Gasteiger partial charge < -0.3 is 14.7 Å². The third-order valence-corrected chi connectivity index (χ3v) is 4.05. The molecule has 112 valence electrons. The highest BCUT2D eigenvalue weighted by molar-refractivity contribution is 5.78. The Morgan fingerprint density at radius 3 is 2.55 bits per heavy atom. The molecule has 1 aliphatic heterocycles. The molecule has 1 aromatic rings. The molecule has 5 heteroatoms. The van der Waals surface area contributed by atoms with Gasteiger partial charge in [0.15, 0.2) is 0 Å². The van der Waals surface area contributed by atoms with Gasteiger partial charge in [-0.1, -0.05) is 19.0 Å². The average molecular weight is 279 g/mol. The Kier molecular flexibility index (Phi) is 4.81. The van der Waals surface area contributed by atoms with Crippen molar-refractivity contribution in [2.24, 2.45) is 5.92 Å². The van der Waals surface area contributed by atoms with Crippen LogP contribution in [-0.4, -0.2) is 35.1 Å². The number of piperidine rings is 1. The second-order valence-corrected chi connectivity index (χ2v) is 5.94. The summed E-state index contributed by atoms with van der Waals surface area (Å²) in [7, 11) is 0. The quantitative estimate of drug-likeness (QED) is 0.916. The summed E-state index contributed by atoms with van der Waals surface area (Å²) in [5.41, 5.74) is 2.12. The van der Waals surface area contributed by atoms with Crippen LogP contribution < -0.4 is 5.32 Å². The number of nitrogens with one attached hydrogen (secondary N) is 1. The summed E-state index contributed by atoms with van der Waals surface area (Å²) in [4.78, 5) is 13.9. The van der Waals surface area contributed by atoms with Crippen molar-refractivity contribution >= 4 is 5.91 Å². The van der Waals surface area contributed by atoms with Crippen LogP contribution in [0.4, 0.5) is 0 Å². The van der Waals surface area contributed by atoms with Crippen LogP contribution in [-0.2, 0) is 11.3 Å². The van der Waals surface area contributed by atoms with Crippen LogP contribution >= 0.6 is 0 Å². The van der Waals surface area contributed by atoms with Crippen LogP contribution in [0.15, 0.2) is 4.52 Å². The Balaban J connectivity index is 1.79. The first kappa shape index (κ1) is 15.0. The lowest BCUT2D eigenvalue weighted by Crippen LogP contribution is -2.46. The molecule has 0 atom stereocenters. The van der Waals surface area contributed by atoms with Gasteiger partial charge in [-0.15, -0.1) is 0 Å². The number of carbonyl (C=O) groups excluding carboxylic acids is 1. The fraction of sp³-hybridized carbons (Fsp3) is 0.733. The summed E-state index contributed by atoms with van der Waals surface area (Å²) >= 11 is 0. The molecule has 0 saturated carbocycles. The number of nitrogens with zero attached hydrogens (tertiary/aromatic N) is 2. The van der Waals surface area contributed by atoms with Crippen LogP contribution in [0, 0.1) is 19.8 Å². The smallest absolute Gasteiger partial charge is 0.225 e. The zero-order valence-corrected chi connectivity index (χ0v) is 12.9. The van der Waals surface area contributed by atoms with E-state index in [0.29, 0.717) is 6.04 Å². The SMILES string of the molecule is Cc1noc(C)c1CNC1CCN(C(=O)C(C)C)CC1. The van der Waals surface area contributed by atoms with Crippen molar-refractivity contribution in [2.75, 3.05) is 13.1 Å². The number of aryl methyl sites for hydroxylation is 2. The normalized spacial score (nSPS) is 16.9. The maximum atomic E-state index is 11.9. The Morgan fingerprint density at radius 1 is 1.40 bits per heavy atom. The number of rotatable bonds is 4. The lowest BCUT2D eigenvalue weighted by Gasteiger charge is -2.33. The minimum absolute atomic E-state index is 0.0989. The Morgan fingerprint density at radius 2 is 2.05 bits per heavy atom. The molecular weight excluding hydrogens is 254 g/mol. The van der Waals surface area contributed by atoms with Gasteiger partial charge in [-0.25, -0.2) is 0 Å². The molecule has 1 N–H and O–H groups in total. The van der Waals surface area contributed by atoms with Gasteiger partial charge in [0.2, 0.25) is 5.91 Å². The van der Waals surface area contributed by atoms with Crippen molar-refractivity contribution in [3.8, 4) is 0 Å². The van der Waals surface area contributed by atoms with Crippen LogP contribution in [0.2, 0.25) is 0 Å². The molecule has 5 nitrogen and oxygen atoms in total. The van der Waals surface area contributed by atoms with Crippen LogP contribution in [0.25, 0.3) is 0 Å². The first-order valence-corrected chi connectivity index (χ1v) is 7.43. The lowest BCUT2D eigenvalue weighted by molar-refractivity contribution is -0.135. The Bertz CT molecular complexity index is 440. The van der Waals surface area contributed by atoms with Crippen molar-refractivity contribution < 1.29 is 9.32 Å². The number of aromatic nitrogens is 1. The first-order valence-electron chi connectivity index (χ1n) is 7.43. The summed E-state index contributed by atoms with van der Waals surface area (Å²) in [5.74, 6) is 1.26. The molecule has 1 aromatic heterocycles. The predicted molar refractivity (Wildman–Crippen MR) is 77.3 cm³/mol. The van der Waals surface area contributed by atoms with Gasteiger partial charge in [-0.3, -0.25) is 4.79 Å². The summed E-state index contributed by atoms with van der Waals surface area (Å²) in [6.45, 7) is 10.4. The van der Waals surface area contributed by atoms with Gasteiger partial charge in [-0.2, -0.15) is 0 Å². The van der Waals surface area contributed by atoms with E-state index in [1.807, 2.05) is 32.6 Å². The molecule has 0 spiro atoms. The van der Waals surface area contributed by atoms with Gasteiger partial charge in [0.1, 0.15) is 5.76 Å².